The Morgan fingerprint density at radius 2 is 2.03 bits per heavy atom. The molecule has 0 atom stereocenters. The maximum absolute atomic E-state index is 13.7. The van der Waals surface area contributed by atoms with Crippen molar-refractivity contribution in [3.63, 3.8) is 0 Å². The van der Waals surface area contributed by atoms with Crippen LogP contribution >= 0.6 is 15.9 Å². The van der Waals surface area contributed by atoms with Crippen LogP contribution in [-0.4, -0.2) is 63.9 Å². The van der Waals surface area contributed by atoms with E-state index in [4.69, 9.17) is 15.2 Å². The number of halogens is 2. The molecule has 5 rings (SSSR count). The molecule has 4 aromatic rings. The molecule has 0 radical (unpaired) electrons. The summed E-state index contributed by atoms with van der Waals surface area (Å²) in [5.41, 5.74) is 9.03. The summed E-state index contributed by atoms with van der Waals surface area (Å²) in [5.74, 6) is 0.478. The summed E-state index contributed by atoms with van der Waals surface area (Å²) < 4.78 is 27.1. The van der Waals surface area contributed by atoms with Crippen LogP contribution < -0.4 is 10.5 Å². The fourth-order valence-corrected chi connectivity index (χ4v) is 3.99. The number of hydrogen-bond acceptors (Lipinski definition) is 7. The molecule has 8 nitrogen and oxygen atoms in total. The summed E-state index contributed by atoms with van der Waals surface area (Å²) in [6.45, 7) is 4.51. The molecular formula is C21H20BrFN6O2. The summed E-state index contributed by atoms with van der Waals surface area (Å²) in [5, 5.41) is 5.07. The Kier molecular flexibility index (Phi) is 5.43. The third kappa shape index (κ3) is 3.93. The van der Waals surface area contributed by atoms with Crippen molar-refractivity contribution in [3.05, 3.63) is 46.9 Å². The van der Waals surface area contributed by atoms with E-state index in [0.717, 1.165) is 44.0 Å². The number of nitrogens with two attached hydrogens (primary N) is 1. The monoisotopic (exact) mass is 486 g/mol. The number of pyridine rings is 1. The highest BCUT2D eigenvalue weighted by Crippen LogP contribution is 2.34. The maximum Gasteiger partial charge on any atom is 0.233 e. The first-order chi connectivity index (χ1) is 15.1. The lowest BCUT2D eigenvalue weighted by Gasteiger charge is -2.26. The Balaban J connectivity index is 1.47. The van der Waals surface area contributed by atoms with Crippen LogP contribution in [0.4, 0.5) is 10.2 Å². The van der Waals surface area contributed by atoms with E-state index in [1.54, 1.807) is 23.0 Å². The fraction of sp³-hybridized carbons (Fsp3) is 0.286. The number of fused-ring (bicyclic) bond motifs is 2. The zero-order chi connectivity index (χ0) is 21.4. The summed E-state index contributed by atoms with van der Waals surface area (Å²) in [4.78, 5) is 11.4. The van der Waals surface area contributed by atoms with Gasteiger partial charge in [0.05, 0.1) is 24.9 Å². The van der Waals surface area contributed by atoms with Crippen LogP contribution in [-0.2, 0) is 4.74 Å². The number of anilines is 1. The number of nitrogen functional groups attached to an aromatic ring is 1. The van der Waals surface area contributed by atoms with Gasteiger partial charge in [0.15, 0.2) is 5.65 Å². The third-order valence-corrected chi connectivity index (χ3v) is 6.04. The Labute approximate surface area is 185 Å². The van der Waals surface area contributed by atoms with E-state index in [1.165, 1.54) is 12.1 Å². The minimum absolute atomic E-state index is 0.312. The highest BCUT2D eigenvalue weighted by molar-refractivity contribution is 9.10. The predicted octanol–water partition coefficient (Wildman–Crippen LogP) is 3.14. The van der Waals surface area contributed by atoms with E-state index >= 15 is 0 Å². The zero-order valence-electron chi connectivity index (χ0n) is 16.6. The van der Waals surface area contributed by atoms with Crippen LogP contribution in [0.1, 0.15) is 0 Å². The van der Waals surface area contributed by atoms with Gasteiger partial charge in [-0.25, -0.2) is 4.39 Å². The van der Waals surface area contributed by atoms with E-state index < -0.39 is 0 Å². The standard InChI is InChI=1S/C21H20BrFN6O2/c22-18-19(24)29-20(27-21(18)31-8-5-28-3-6-30-7-4-28)16(12-26-29)14-9-13-10-15(23)1-2-17(13)25-11-14/h1-2,9-12H,3-8,24H2. The van der Waals surface area contributed by atoms with Gasteiger partial charge in [-0.05, 0) is 40.2 Å². The van der Waals surface area contributed by atoms with Crippen molar-refractivity contribution in [1.29, 1.82) is 0 Å². The van der Waals surface area contributed by atoms with Crippen molar-refractivity contribution >= 4 is 38.3 Å². The summed E-state index contributed by atoms with van der Waals surface area (Å²) in [6.07, 6.45) is 3.39. The van der Waals surface area contributed by atoms with Crippen molar-refractivity contribution in [3.8, 4) is 17.0 Å². The van der Waals surface area contributed by atoms with Crippen molar-refractivity contribution < 1.29 is 13.9 Å². The lowest BCUT2D eigenvalue weighted by atomic mass is 10.1. The lowest BCUT2D eigenvalue weighted by Crippen LogP contribution is -2.38. The number of hydrogen-bond donors (Lipinski definition) is 1. The van der Waals surface area contributed by atoms with Gasteiger partial charge in [-0.2, -0.15) is 14.6 Å². The van der Waals surface area contributed by atoms with Gasteiger partial charge >= 0.3 is 0 Å². The van der Waals surface area contributed by atoms with Gasteiger partial charge in [0.25, 0.3) is 0 Å². The number of ether oxygens (including phenoxy) is 2. The van der Waals surface area contributed by atoms with Crippen molar-refractivity contribution in [1.82, 2.24) is 24.5 Å². The highest BCUT2D eigenvalue weighted by Gasteiger charge is 2.18. The maximum atomic E-state index is 13.7. The van der Waals surface area contributed by atoms with Crippen LogP contribution in [0.5, 0.6) is 5.88 Å². The number of benzene rings is 1. The van der Waals surface area contributed by atoms with Gasteiger partial charge in [0.2, 0.25) is 5.88 Å². The molecule has 4 heterocycles. The molecule has 0 aliphatic carbocycles. The van der Waals surface area contributed by atoms with Crippen LogP contribution in [0.25, 0.3) is 27.7 Å². The number of rotatable bonds is 5. The molecule has 0 spiro atoms. The molecule has 0 unspecified atom stereocenters. The number of morpholine rings is 1. The van der Waals surface area contributed by atoms with Crippen LogP contribution in [0.2, 0.25) is 0 Å². The fourth-order valence-electron chi connectivity index (χ4n) is 3.62. The van der Waals surface area contributed by atoms with Crippen molar-refractivity contribution in [2.45, 2.75) is 0 Å². The topological polar surface area (TPSA) is 90.8 Å². The van der Waals surface area contributed by atoms with Gasteiger partial charge in [0, 0.05) is 42.3 Å². The van der Waals surface area contributed by atoms with Crippen molar-refractivity contribution in [2.75, 3.05) is 45.2 Å². The molecule has 2 N–H and O–H groups in total. The van der Waals surface area contributed by atoms with Gasteiger partial charge in [-0.1, -0.05) is 0 Å². The minimum atomic E-state index is -0.312. The quantitative estimate of drug-likeness (QED) is 0.463. The average Bonchev–Trinajstić information content (AvgIpc) is 3.21. The van der Waals surface area contributed by atoms with E-state index in [2.05, 4.69) is 35.9 Å². The second-order valence-corrected chi connectivity index (χ2v) is 8.07. The van der Waals surface area contributed by atoms with Gasteiger partial charge in [-0.15, -0.1) is 0 Å². The molecule has 1 fully saturated rings. The molecule has 0 amide bonds. The molecule has 1 saturated heterocycles. The molecule has 3 aromatic heterocycles. The molecule has 1 aliphatic rings. The second kappa shape index (κ2) is 8.37. The SMILES string of the molecule is Nc1c(Br)c(OCCN2CCOCC2)nc2c(-c3cnc4ccc(F)cc4c3)cnn12. The number of nitrogens with zero attached hydrogens (tertiary/aromatic N) is 5. The van der Waals surface area contributed by atoms with Crippen LogP contribution in [0.15, 0.2) is 41.1 Å². The predicted molar refractivity (Wildman–Crippen MR) is 119 cm³/mol. The van der Waals surface area contributed by atoms with Crippen LogP contribution in [0, 0.1) is 5.82 Å². The first-order valence-corrected chi connectivity index (χ1v) is 10.7. The minimum Gasteiger partial charge on any atom is -0.475 e. The Morgan fingerprint density at radius 1 is 1.19 bits per heavy atom. The second-order valence-electron chi connectivity index (χ2n) is 7.27. The molecule has 0 bridgehead atoms. The Morgan fingerprint density at radius 3 is 2.87 bits per heavy atom. The van der Waals surface area contributed by atoms with E-state index in [9.17, 15) is 4.39 Å². The first kappa shape index (κ1) is 20.1. The summed E-state index contributed by atoms with van der Waals surface area (Å²) >= 11 is 3.47. The number of aromatic nitrogens is 4. The van der Waals surface area contributed by atoms with Gasteiger partial charge in [-0.3, -0.25) is 9.88 Å². The zero-order valence-corrected chi connectivity index (χ0v) is 18.2. The lowest BCUT2D eigenvalue weighted by molar-refractivity contribution is 0.0319. The van der Waals surface area contributed by atoms with Crippen LogP contribution in [0.3, 0.4) is 0 Å². The van der Waals surface area contributed by atoms with E-state index in [-0.39, 0.29) is 5.82 Å². The normalized spacial score (nSPS) is 15.0. The van der Waals surface area contributed by atoms with E-state index in [1.807, 2.05) is 6.07 Å². The van der Waals surface area contributed by atoms with Crippen molar-refractivity contribution in [2.24, 2.45) is 0 Å². The molecule has 160 valence electrons. The summed E-state index contributed by atoms with van der Waals surface area (Å²) in [6, 6.07) is 6.36. The molecule has 1 aliphatic heterocycles. The molecule has 31 heavy (non-hydrogen) atoms. The third-order valence-electron chi connectivity index (χ3n) is 5.30. The molecular weight excluding hydrogens is 467 g/mol. The highest BCUT2D eigenvalue weighted by atomic mass is 79.9. The Hall–Kier alpha value is -2.82. The van der Waals surface area contributed by atoms with Gasteiger partial charge in [0.1, 0.15) is 22.7 Å². The largest absolute Gasteiger partial charge is 0.475 e. The molecule has 0 saturated carbocycles. The average molecular weight is 487 g/mol. The summed E-state index contributed by atoms with van der Waals surface area (Å²) in [7, 11) is 0. The molecule has 10 heteroatoms. The molecule has 1 aromatic carbocycles. The Bertz CT molecular complexity index is 1260. The first-order valence-electron chi connectivity index (χ1n) is 9.91. The van der Waals surface area contributed by atoms with Gasteiger partial charge < -0.3 is 15.2 Å². The van der Waals surface area contributed by atoms with E-state index in [0.29, 0.717) is 39.3 Å². The smallest absolute Gasteiger partial charge is 0.233 e.